The molecule has 0 aliphatic carbocycles. The summed E-state index contributed by atoms with van der Waals surface area (Å²) in [5.74, 6) is 4.04. The first-order valence-electron chi connectivity index (χ1n) is 7.41. The Balaban J connectivity index is 2.24. The fourth-order valence-electron chi connectivity index (χ4n) is 1.73. The predicted molar refractivity (Wildman–Crippen MR) is 98.8 cm³/mol. The highest BCUT2D eigenvalue weighted by molar-refractivity contribution is 6.83. The van der Waals surface area contributed by atoms with Crippen LogP contribution in [0.5, 0.6) is 5.75 Å². The van der Waals surface area contributed by atoms with Crippen LogP contribution in [0.2, 0.25) is 19.6 Å². The molecule has 116 valence electrons. The van der Waals surface area contributed by atoms with E-state index in [1.165, 1.54) is 0 Å². The zero-order valence-electron chi connectivity index (χ0n) is 13.9. The van der Waals surface area contributed by atoms with Gasteiger partial charge in [-0.15, -0.1) is 5.54 Å². The molecule has 0 aliphatic heterocycles. The lowest BCUT2D eigenvalue weighted by molar-refractivity contribution is 0.415. The van der Waals surface area contributed by atoms with Crippen molar-refractivity contribution >= 4 is 25.5 Å². The van der Waals surface area contributed by atoms with Crippen LogP contribution in [0.3, 0.4) is 0 Å². The molecule has 4 heteroatoms. The van der Waals surface area contributed by atoms with Gasteiger partial charge in [-0.2, -0.15) is 9.98 Å². The van der Waals surface area contributed by atoms with Crippen molar-refractivity contribution in [2.45, 2.75) is 19.6 Å². The standard InChI is InChI=1S/C19H20N2OSi/c1-22-18-11-9-17(10-12-18)20-15-21-19-8-6-5-7-16(19)13-14-23(2,3)4/h5-12H,1-4H3. The van der Waals surface area contributed by atoms with Crippen molar-refractivity contribution < 1.29 is 4.74 Å². The van der Waals surface area contributed by atoms with E-state index in [1.807, 2.05) is 48.5 Å². The van der Waals surface area contributed by atoms with Gasteiger partial charge in [-0.1, -0.05) is 37.7 Å². The molecule has 2 aromatic rings. The van der Waals surface area contributed by atoms with Crippen molar-refractivity contribution in [2.24, 2.45) is 9.98 Å². The molecule has 0 saturated carbocycles. The van der Waals surface area contributed by atoms with Gasteiger partial charge in [0.15, 0.2) is 0 Å². The molecule has 2 aromatic carbocycles. The molecule has 0 aliphatic rings. The topological polar surface area (TPSA) is 34.0 Å². The molecule has 0 bridgehead atoms. The molecule has 0 amide bonds. The first-order chi connectivity index (χ1) is 11.0. The van der Waals surface area contributed by atoms with E-state index >= 15 is 0 Å². The second-order valence-electron chi connectivity index (χ2n) is 6.04. The second kappa shape index (κ2) is 7.60. The van der Waals surface area contributed by atoms with Gasteiger partial charge >= 0.3 is 0 Å². The molecule has 0 saturated heterocycles. The number of nitrogens with zero attached hydrogens (tertiary/aromatic N) is 2. The van der Waals surface area contributed by atoms with Gasteiger partial charge in [0.1, 0.15) is 19.8 Å². The molecule has 0 aromatic heterocycles. The van der Waals surface area contributed by atoms with Gasteiger partial charge in [-0.3, -0.25) is 0 Å². The summed E-state index contributed by atoms with van der Waals surface area (Å²) < 4.78 is 5.12. The SMILES string of the molecule is COc1ccc(N=C=Nc2ccccc2C#C[Si](C)(C)C)cc1. The van der Waals surface area contributed by atoms with Crippen LogP contribution in [-0.2, 0) is 0 Å². The summed E-state index contributed by atoms with van der Waals surface area (Å²) in [6.07, 6.45) is 0. The summed E-state index contributed by atoms with van der Waals surface area (Å²) in [5, 5.41) is 0. The minimum absolute atomic E-state index is 0.778. The van der Waals surface area contributed by atoms with Crippen LogP contribution in [0.15, 0.2) is 58.5 Å². The molecule has 0 radical (unpaired) electrons. The molecule has 0 unspecified atom stereocenters. The number of aliphatic imine (C=N–C) groups is 2. The Labute approximate surface area is 138 Å². The van der Waals surface area contributed by atoms with Crippen LogP contribution in [0.25, 0.3) is 0 Å². The van der Waals surface area contributed by atoms with E-state index in [2.05, 4.69) is 47.1 Å². The Hall–Kier alpha value is -2.60. The van der Waals surface area contributed by atoms with Crippen molar-refractivity contribution in [1.82, 2.24) is 0 Å². The molecule has 23 heavy (non-hydrogen) atoms. The van der Waals surface area contributed by atoms with Gasteiger partial charge in [0, 0.05) is 0 Å². The lowest BCUT2D eigenvalue weighted by Crippen LogP contribution is -2.16. The number of benzene rings is 2. The van der Waals surface area contributed by atoms with Gasteiger partial charge in [0.2, 0.25) is 0 Å². The highest BCUT2D eigenvalue weighted by atomic mass is 28.3. The molecule has 0 atom stereocenters. The molecular weight excluding hydrogens is 300 g/mol. The monoisotopic (exact) mass is 320 g/mol. The molecule has 0 N–H and O–H groups in total. The van der Waals surface area contributed by atoms with Crippen molar-refractivity contribution in [3.8, 4) is 17.2 Å². The van der Waals surface area contributed by atoms with Crippen LogP contribution in [-0.4, -0.2) is 21.2 Å². The van der Waals surface area contributed by atoms with Crippen LogP contribution < -0.4 is 4.74 Å². The number of para-hydroxylation sites is 1. The second-order valence-corrected chi connectivity index (χ2v) is 10.8. The van der Waals surface area contributed by atoms with Gasteiger partial charge in [0.25, 0.3) is 0 Å². The van der Waals surface area contributed by atoms with E-state index in [1.54, 1.807) is 7.11 Å². The lowest BCUT2D eigenvalue weighted by atomic mass is 10.2. The molecular formula is C19H20N2OSi. The van der Waals surface area contributed by atoms with E-state index < -0.39 is 8.07 Å². The summed E-state index contributed by atoms with van der Waals surface area (Å²) in [6, 6.07) is 18.0. The quantitative estimate of drug-likeness (QED) is 0.442. The van der Waals surface area contributed by atoms with E-state index in [9.17, 15) is 0 Å². The zero-order chi connectivity index (χ0) is 16.7. The summed E-state index contributed by atoms with van der Waals surface area (Å²) >= 11 is 0. The predicted octanol–water partition coefficient (Wildman–Crippen LogP) is 5.06. The van der Waals surface area contributed by atoms with Crippen molar-refractivity contribution in [2.75, 3.05) is 7.11 Å². The van der Waals surface area contributed by atoms with Crippen LogP contribution in [0, 0.1) is 11.5 Å². The van der Waals surface area contributed by atoms with Crippen molar-refractivity contribution in [3.63, 3.8) is 0 Å². The summed E-state index contributed by atoms with van der Waals surface area (Å²) in [6.45, 7) is 6.66. The average Bonchev–Trinajstić information content (AvgIpc) is 2.54. The molecule has 3 nitrogen and oxygen atoms in total. The largest absolute Gasteiger partial charge is 0.497 e. The van der Waals surface area contributed by atoms with Crippen LogP contribution >= 0.6 is 0 Å². The van der Waals surface area contributed by atoms with E-state index in [0.717, 1.165) is 22.7 Å². The molecule has 2 rings (SSSR count). The lowest BCUT2D eigenvalue weighted by Gasteiger charge is -2.03. The maximum absolute atomic E-state index is 5.12. The zero-order valence-corrected chi connectivity index (χ0v) is 14.9. The van der Waals surface area contributed by atoms with Crippen LogP contribution in [0.4, 0.5) is 11.4 Å². The smallest absolute Gasteiger partial charge is 0.129 e. The van der Waals surface area contributed by atoms with Gasteiger partial charge in [-0.05, 0) is 36.4 Å². The summed E-state index contributed by atoms with van der Waals surface area (Å²) in [4.78, 5) is 8.52. The highest BCUT2D eigenvalue weighted by Crippen LogP contribution is 2.19. The minimum atomic E-state index is -1.41. The summed E-state index contributed by atoms with van der Waals surface area (Å²) in [7, 11) is 0.223. The van der Waals surface area contributed by atoms with Gasteiger partial charge in [0.05, 0.1) is 24.0 Å². The average molecular weight is 320 g/mol. The normalized spacial score (nSPS) is 10.1. The number of hydrogen-bond donors (Lipinski definition) is 0. The number of hydrogen-bond acceptors (Lipinski definition) is 3. The summed E-state index contributed by atoms with van der Waals surface area (Å²) in [5.41, 5.74) is 5.83. The van der Waals surface area contributed by atoms with Crippen LogP contribution in [0.1, 0.15) is 5.56 Å². The van der Waals surface area contributed by atoms with E-state index in [0.29, 0.717) is 0 Å². The van der Waals surface area contributed by atoms with Crippen molar-refractivity contribution in [3.05, 3.63) is 54.1 Å². The maximum atomic E-state index is 5.12. The Bertz CT molecular complexity index is 787. The molecule has 0 heterocycles. The highest BCUT2D eigenvalue weighted by Gasteiger charge is 2.07. The Morgan fingerprint density at radius 1 is 0.913 bits per heavy atom. The fourth-order valence-corrected chi connectivity index (χ4v) is 2.23. The third-order valence-corrected chi connectivity index (χ3v) is 3.77. The first-order valence-corrected chi connectivity index (χ1v) is 10.9. The third-order valence-electron chi connectivity index (χ3n) is 2.90. The molecule has 0 spiro atoms. The van der Waals surface area contributed by atoms with Gasteiger partial charge < -0.3 is 4.74 Å². The Morgan fingerprint density at radius 3 is 2.26 bits per heavy atom. The third kappa shape index (κ3) is 5.59. The minimum Gasteiger partial charge on any atom is -0.497 e. The number of rotatable bonds is 3. The molecule has 0 fully saturated rings. The van der Waals surface area contributed by atoms with Gasteiger partial charge in [-0.25, -0.2) is 0 Å². The maximum Gasteiger partial charge on any atom is 0.129 e. The number of ether oxygens (including phenoxy) is 1. The Morgan fingerprint density at radius 2 is 1.61 bits per heavy atom. The number of methoxy groups -OCH3 is 1. The Kier molecular flexibility index (Phi) is 5.54. The van der Waals surface area contributed by atoms with E-state index in [-0.39, 0.29) is 0 Å². The first kappa shape index (κ1) is 16.8. The fraction of sp³-hybridized carbons (Fsp3) is 0.211. The van der Waals surface area contributed by atoms with Crippen molar-refractivity contribution in [1.29, 1.82) is 0 Å². The van der Waals surface area contributed by atoms with E-state index in [4.69, 9.17) is 4.74 Å².